The van der Waals surface area contributed by atoms with Gasteiger partial charge in [-0.05, 0) is 44.0 Å². The maximum atomic E-state index is 12.4. The molecule has 116 valence electrons. The van der Waals surface area contributed by atoms with Gasteiger partial charge in [0.1, 0.15) is 0 Å². The van der Waals surface area contributed by atoms with E-state index < -0.39 is 9.84 Å². The summed E-state index contributed by atoms with van der Waals surface area (Å²) in [6.45, 7) is 4.18. The molecule has 1 aromatic carbocycles. The zero-order valence-corrected chi connectivity index (χ0v) is 13.7. The molecule has 1 saturated heterocycles. The molecule has 1 fully saturated rings. The number of rotatable bonds is 3. The largest absolute Gasteiger partial charge is 0.322 e. The second-order valence-electron chi connectivity index (χ2n) is 5.23. The summed E-state index contributed by atoms with van der Waals surface area (Å²) in [6.07, 6.45) is 0.503. The average Bonchev–Trinajstić information content (AvgIpc) is 2.74. The van der Waals surface area contributed by atoms with Gasteiger partial charge in [-0.15, -0.1) is 0 Å². The van der Waals surface area contributed by atoms with Crippen molar-refractivity contribution < 1.29 is 13.2 Å². The molecule has 1 heterocycles. The number of urea groups is 1. The number of benzene rings is 1. The van der Waals surface area contributed by atoms with Crippen molar-refractivity contribution >= 4 is 33.2 Å². The van der Waals surface area contributed by atoms with Crippen molar-refractivity contribution in [1.29, 1.82) is 0 Å². The third-order valence-corrected chi connectivity index (χ3v) is 5.67. The molecule has 1 unspecified atom stereocenters. The lowest BCUT2D eigenvalue weighted by molar-refractivity contribution is 0.197. The van der Waals surface area contributed by atoms with Gasteiger partial charge >= 0.3 is 6.03 Å². The van der Waals surface area contributed by atoms with Gasteiger partial charge in [0.2, 0.25) is 0 Å². The summed E-state index contributed by atoms with van der Waals surface area (Å²) in [5.74, 6) is 0.204. The Morgan fingerprint density at radius 3 is 2.71 bits per heavy atom. The second kappa shape index (κ2) is 6.23. The number of aryl methyl sites for hydroxylation is 1. The van der Waals surface area contributed by atoms with E-state index >= 15 is 0 Å². The van der Waals surface area contributed by atoms with Crippen LogP contribution in [0.15, 0.2) is 18.2 Å². The molecule has 0 radical (unpaired) electrons. The smallest absolute Gasteiger partial charge is 0.321 e. The lowest BCUT2D eigenvalue weighted by atomic mass is 10.2. The van der Waals surface area contributed by atoms with Gasteiger partial charge in [0.05, 0.1) is 11.5 Å². The number of nitrogens with zero attached hydrogens (tertiary/aromatic N) is 1. The first kappa shape index (κ1) is 16.1. The molecule has 2 amide bonds. The molecule has 5 nitrogen and oxygen atoms in total. The van der Waals surface area contributed by atoms with Crippen molar-refractivity contribution in [1.82, 2.24) is 4.90 Å². The van der Waals surface area contributed by atoms with Crippen LogP contribution in [0.4, 0.5) is 10.5 Å². The van der Waals surface area contributed by atoms with Crippen LogP contribution in [-0.2, 0) is 9.84 Å². The standard InChI is InChI=1S/C14H19ClN2O3S/c1-3-17(12-6-7-21(19,20)9-12)14(18)16-13-5-4-11(15)8-10(13)2/h4-5,8,12H,3,6-7,9H2,1-2H3,(H,16,18). The Balaban J connectivity index is 2.10. The molecule has 1 aromatic rings. The molecule has 0 saturated carbocycles. The summed E-state index contributed by atoms with van der Waals surface area (Å²) in [5.41, 5.74) is 1.55. The fourth-order valence-electron chi connectivity index (χ4n) is 2.54. The van der Waals surface area contributed by atoms with Gasteiger partial charge in [-0.3, -0.25) is 0 Å². The number of sulfone groups is 1. The van der Waals surface area contributed by atoms with Gasteiger partial charge in [-0.2, -0.15) is 0 Å². The summed E-state index contributed by atoms with van der Waals surface area (Å²) < 4.78 is 23.1. The van der Waals surface area contributed by atoms with E-state index in [9.17, 15) is 13.2 Å². The molecular formula is C14H19ClN2O3S. The molecule has 7 heteroatoms. The van der Waals surface area contributed by atoms with Gasteiger partial charge in [0.25, 0.3) is 0 Å². The first-order valence-corrected chi connectivity index (χ1v) is 9.06. The first-order valence-electron chi connectivity index (χ1n) is 6.86. The second-order valence-corrected chi connectivity index (χ2v) is 7.90. The van der Waals surface area contributed by atoms with Gasteiger partial charge in [-0.1, -0.05) is 11.6 Å². The molecule has 0 spiro atoms. The molecule has 2 rings (SSSR count). The lowest BCUT2D eigenvalue weighted by Gasteiger charge is -2.27. The Morgan fingerprint density at radius 2 is 2.19 bits per heavy atom. The first-order chi connectivity index (χ1) is 9.82. The van der Waals surface area contributed by atoms with Crippen LogP contribution in [0, 0.1) is 6.92 Å². The summed E-state index contributed by atoms with van der Waals surface area (Å²) in [6, 6.07) is 4.71. The number of carbonyl (C=O) groups is 1. The highest BCUT2D eigenvalue weighted by Crippen LogP contribution is 2.22. The fraction of sp³-hybridized carbons (Fsp3) is 0.500. The third-order valence-electron chi connectivity index (χ3n) is 3.68. The molecule has 1 atom stereocenters. The summed E-state index contributed by atoms with van der Waals surface area (Å²) >= 11 is 5.89. The number of hydrogen-bond donors (Lipinski definition) is 1. The maximum absolute atomic E-state index is 12.4. The number of anilines is 1. The van der Waals surface area contributed by atoms with Crippen LogP contribution in [-0.4, -0.2) is 43.4 Å². The van der Waals surface area contributed by atoms with Gasteiger partial charge < -0.3 is 10.2 Å². The topological polar surface area (TPSA) is 66.5 Å². The van der Waals surface area contributed by atoms with E-state index in [4.69, 9.17) is 11.6 Å². The quantitative estimate of drug-likeness (QED) is 0.926. The van der Waals surface area contributed by atoms with Gasteiger partial charge in [-0.25, -0.2) is 13.2 Å². The van der Waals surface area contributed by atoms with E-state index in [1.807, 2.05) is 13.8 Å². The molecule has 0 aromatic heterocycles. The van der Waals surface area contributed by atoms with Crippen molar-refractivity contribution in [3.05, 3.63) is 28.8 Å². The minimum atomic E-state index is -3.01. The van der Waals surface area contributed by atoms with Crippen molar-refractivity contribution in [3.8, 4) is 0 Å². The molecule has 0 aliphatic carbocycles. The monoisotopic (exact) mass is 330 g/mol. The van der Waals surface area contributed by atoms with Crippen molar-refractivity contribution in [2.45, 2.75) is 26.3 Å². The fourth-order valence-corrected chi connectivity index (χ4v) is 4.50. The highest BCUT2D eigenvalue weighted by molar-refractivity contribution is 7.91. The van der Waals surface area contributed by atoms with Crippen molar-refractivity contribution in [2.24, 2.45) is 0 Å². The minimum absolute atomic E-state index is 0.0495. The Bertz CT molecular complexity index is 646. The normalized spacial score (nSPS) is 20.2. The van der Waals surface area contributed by atoms with Crippen molar-refractivity contribution in [3.63, 3.8) is 0 Å². The van der Waals surface area contributed by atoms with Crippen LogP contribution in [0.5, 0.6) is 0 Å². The molecular weight excluding hydrogens is 312 g/mol. The number of carbonyl (C=O) groups excluding carboxylic acids is 1. The van der Waals surface area contributed by atoms with Crippen molar-refractivity contribution in [2.75, 3.05) is 23.4 Å². The SMILES string of the molecule is CCN(C(=O)Nc1ccc(Cl)cc1C)C1CCS(=O)(=O)C1. The molecule has 1 aliphatic heterocycles. The zero-order chi connectivity index (χ0) is 15.6. The number of amides is 2. The van der Waals surface area contributed by atoms with E-state index in [-0.39, 0.29) is 23.6 Å². The predicted octanol–water partition coefficient (Wildman–Crippen LogP) is 2.69. The third kappa shape index (κ3) is 3.89. The summed E-state index contributed by atoms with van der Waals surface area (Å²) in [5, 5.41) is 3.44. The van der Waals surface area contributed by atoms with Crippen LogP contribution in [0.1, 0.15) is 18.9 Å². The summed E-state index contributed by atoms with van der Waals surface area (Å²) in [7, 11) is -3.01. The highest BCUT2D eigenvalue weighted by Gasteiger charge is 2.34. The predicted molar refractivity (Wildman–Crippen MR) is 84.6 cm³/mol. The molecule has 21 heavy (non-hydrogen) atoms. The highest BCUT2D eigenvalue weighted by atomic mass is 35.5. The van der Waals surface area contributed by atoms with Crippen LogP contribution >= 0.6 is 11.6 Å². The van der Waals surface area contributed by atoms with Crippen LogP contribution in [0.25, 0.3) is 0 Å². The van der Waals surface area contributed by atoms with Gasteiger partial charge in [0, 0.05) is 23.3 Å². The average molecular weight is 331 g/mol. The number of halogens is 1. The lowest BCUT2D eigenvalue weighted by Crippen LogP contribution is -2.43. The maximum Gasteiger partial charge on any atom is 0.322 e. The van der Waals surface area contributed by atoms with Gasteiger partial charge in [0.15, 0.2) is 9.84 Å². The van der Waals surface area contributed by atoms with Crippen LogP contribution in [0.3, 0.4) is 0 Å². The Morgan fingerprint density at radius 1 is 1.48 bits per heavy atom. The Labute approximate surface area is 130 Å². The molecule has 0 bridgehead atoms. The molecule has 1 N–H and O–H groups in total. The van der Waals surface area contributed by atoms with E-state index in [2.05, 4.69) is 5.32 Å². The Kier molecular flexibility index (Phi) is 4.78. The van der Waals surface area contributed by atoms with E-state index in [0.717, 1.165) is 5.56 Å². The van der Waals surface area contributed by atoms with E-state index in [1.54, 1.807) is 23.1 Å². The zero-order valence-electron chi connectivity index (χ0n) is 12.1. The minimum Gasteiger partial charge on any atom is -0.321 e. The van der Waals surface area contributed by atoms with Crippen LogP contribution in [0.2, 0.25) is 5.02 Å². The Hall–Kier alpha value is -1.27. The molecule has 1 aliphatic rings. The number of nitrogens with one attached hydrogen (secondary N) is 1. The van der Waals surface area contributed by atoms with E-state index in [0.29, 0.717) is 23.7 Å². The van der Waals surface area contributed by atoms with Crippen LogP contribution < -0.4 is 5.32 Å². The van der Waals surface area contributed by atoms with E-state index in [1.165, 1.54) is 0 Å². The number of hydrogen-bond acceptors (Lipinski definition) is 3. The summed E-state index contributed by atoms with van der Waals surface area (Å²) in [4.78, 5) is 13.9.